The van der Waals surface area contributed by atoms with Crippen LogP contribution in [0.2, 0.25) is 0 Å². The number of thiophene rings is 1. The molecule has 1 rings (SSSR count). The van der Waals surface area contributed by atoms with Crippen molar-refractivity contribution in [2.45, 2.75) is 38.8 Å². The average Bonchev–Trinajstić information content (AvgIpc) is 2.71. The molecule has 2 atom stereocenters. The molecule has 0 bridgehead atoms. The summed E-state index contributed by atoms with van der Waals surface area (Å²) in [6.07, 6.45) is 0.710. The summed E-state index contributed by atoms with van der Waals surface area (Å²) in [6.45, 7) is 4.67. The van der Waals surface area contributed by atoms with E-state index in [2.05, 4.69) is 10.6 Å². The molecule has 0 spiro atoms. The Kier molecular flexibility index (Phi) is 5.52. The second-order valence-corrected chi connectivity index (χ2v) is 6.40. The fraction of sp³-hybridized carbons (Fsp3) is 0.538. The number of rotatable bonds is 6. The van der Waals surface area contributed by atoms with Crippen LogP contribution in [0.3, 0.4) is 0 Å². The van der Waals surface area contributed by atoms with Crippen LogP contribution in [0.4, 0.5) is 4.79 Å². The molecule has 0 radical (unpaired) electrons. The van der Waals surface area contributed by atoms with Crippen LogP contribution in [0.5, 0.6) is 0 Å². The summed E-state index contributed by atoms with van der Waals surface area (Å²) in [4.78, 5) is 24.7. The molecule has 2 amide bonds. The predicted octanol–water partition coefficient (Wildman–Crippen LogP) is 1.12. The molecule has 112 valence electrons. The molecule has 0 saturated heterocycles. The third-order valence-corrected chi connectivity index (χ3v) is 3.76. The molecule has 1 aromatic heterocycles. The first kappa shape index (κ1) is 16.5. The Morgan fingerprint density at radius 2 is 2.10 bits per heavy atom. The lowest BCUT2D eigenvalue weighted by molar-refractivity contribution is -0.155. The highest BCUT2D eigenvalue weighted by Gasteiger charge is 2.30. The summed E-state index contributed by atoms with van der Waals surface area (Å²) in [5.41, 5.74) is -1.97. The number of hydrogen-bond donors (Lipinski definition) is 4. The van der Waals surface area contributed by atoms with E-state index >= 15 is 0 Å². The zero-order chi connectivity index (χ0) is 15.3. The van der Waals surface area contributed by atoms with E-state index in [0.29, 0.717) is 6.42 Å². The quantitative estimate of drug-likeness (QED) is 0.633. The Labute approximate surface area is 121 Å². The Bertz CT molecular complexity index is 484. The summed E-state index contributed by atoms with van der Waals surface area (Å²) in [5, 5.41) is 23.2. The molecule has 0 fully saturated rings. The van der Waals surface area contributed by atoms with Gasteiger partial charge in [-0.2, -0.15) is 0 Å². The fourth-order valence-electron chi connectivity index (χ4n) is 1.55. The Morgan fingerprint density at radius 1 is 1.45 bits per heavy atom. The lowest BCUT2D eigenvalue weighted by Crippen LogP contribution is -2.50. The van der Waals surface area contributed by atoms with Gasteiger partial charge in [0, 0.05) is 22.2 Å². The van der Waals surface area contributed by atoms with Crippen molar-refractivity contribution in [3.8, 4) is 0 Å². The number of carbonyl (C=O) groups excluding carboxylic acids is 1. The summed E-state index contributed by atoms with van der Waals surface area (Å²) in [5.74, 6) is -1.38. The highest BCUT2D eigenvalue weighted by Crippen LogP contribution is 2.16. The maximum atomic E-state index is 11.6. The lowest BCUT2D eigenvalue weighted by atomic mass is 10.1. The van der Waals surface area contributed by atoms with Gasteiger partial charge in [0.05, 0.1) is 6.54 Å². The van der Waals surface area contributed by atoms with Crippen molar-refractivity contribution in [1.82, 2.24) is 10.6 Å². The van der Waals surface area contributed by atoms with Crippen LogP contribution in [0, 0.1) is 6.92 Å². The number of aliphatic carboxylic acids is 1. The van der Waals surface area contributed by atoms with E-state index in [1.807, 2.05) is 26.0 Å². The van der Waals surface area contributed by atoms with Crippen molar-refractivity contribution >= 4 is 23.3 Å². The molecule has 1 heterocycles. The van der Waals surface area contributed by atoms with Gasteiger partial charge in [-0.25, -0.2) is 9.59 Å². The maximum Gasteiger partial charge on any atom is 0.337 e. The van der Waals surface area contributed by atoms with E-state index in [4.69, 9.17) is 5.11 Å². The normalized spacial score (nSPS) is 15.2. The van der Waals surface area contributed by atoms with Gasteiger partial charge in [0.1, 0.15) is 0 Å². The van der Waals surface area contributed by atoms with Crippen molar-refractivity contribution in [2.75, 3.05) is 6.54 Å². The van der Waals surface area contributed by atoms with Crippen LogP contribution in [-0.4, -0.2) is 40.4 Å². The van der Waals surface area contributed by atoms with Crippen molar-refractivity contribution < 1.29 is 19.8 Å². The van der Waals surface area contributed by atoms with Crippen LogP contribution in [-0.2, 0) is 11.2 Å². The predicted molar refractivity (Wildman–Crippen MR) is 77.0 cm³/mol. The third-order valence-electron chi connectivity index (χ3n) is 2.73. The summed E-state index contributed by atoms with van der Waals surface area (Å²) >= 11 is 1.68. The van der Waals surface area contributed by atoms with Crippen LogP contribution in [0.1, 0.15) is 23.6 Å². The van der Waals surface area contributed by atoms with E-state index < -0.39 is 17.6 Å². The van der Waals surface area contributed by atoms with Gasteiger partial charge >= 0.3 is 12.0 Å². The van der Waals surface area contributed by atoms with Crippen LogP contribution >= 0.6 is 11.3 Å². The van der Waals surface area contributed by atoms with Gasteiger partial charge < -0.3 is 20.8 Å². The van der Waals surface area contributed by atoms with E-state index in [1.54, 1.807) is 11.3 Å². The highest BCUT2D eigenvalue weighted by molar-refractivity contribution is 7.11. The number of carboxylic acids is 1. The highest BCUT2D eigenvalue weighted by atomic mass is 32.1. The summed E-state index contributed by atoms with van der Waals surface area (Å²) in [7, 11) is 0. The molecule has 0 aliphatic rings. The van der Waals surface area contributed by atoms with Crippen LogP contribution in [0.25, 0.3) is 0 Å². The van der Waals surface area contributed by atoms with Gasteiger partial charge in [0.2, 0.25) is 0 Å². The van der Waals surface area contributed by atoms with Crippen molar-refractivity contribution in [1.29, 1.82) is 0 Å². The molecule has 4 N–H and O–H groups in total. The van der Waals surface area contributed by atoms with Crippen molar-refractivity contribution in [3.63, 3.8) is 0 Å². The molecule has 0 aliphatic carbocycles. The second-order valence-electron chi connectivity index (χ2n) is 5.02. The van der Waals surface area contributed by atoms with Crippen LogP contribution < -0.4 is 10.6 Å². The molecule has 0 aromatic carbocycles. The SMILES string of the molecule is Cc1ccc(CC(C)NC(=O)NCC(C)(O)C(=O)O)s1. The second kappa shape index (κ2) is 6.71. The number of aryl methyl sites for hydroxylation is 1. The minimum atomic E-state index is -1.97. The minimum absolute atomic E-state index is 0.0807. The topological polar surface area (TPSA) is 98.7 Å². The van der Waals surface area contributed by atoms with Gasteiger partial charge in [-0.15, -0.1) is 11.3 Å². The van der Waals surface area contributed by atoms with Gasteiger partial charge in [-0.05, 0) is 32.9 Å². The molecule has 6 nitrogen and oxygen atoms in total. The lowest BCUT2D eigenvalue weighted by Gasteiger charge is -2.20. The monoisotopic (exact) mass is 300 g/mol. The van der Waals surface area contributed by atoms with E-state index in [1.165, 1.54) is 9.75 Å². The summed E-state index contributed by atoms with van der Waals surface area (Å²) in [6, 6.07) is 3.47. The average molecular weight is 300 g/mol. The standard InChI is InChI=1S/C13H20N2O4S/c1-8(6-10-5-4-9(2)20-10)15-12(18)14-7-13(3,19)11(16)17/h4-5,8,19H,6-7H2,1-3H3,(H,16,17)(H2,14,15,18). The van der Waals surface area contributed by atoms with E-state index in [-0.39, 0.29) is 12.6 Å². The number of urea groups is 1. The largest absolute Gasteiger partial charge is 0.479 e. The number of carbonyl (C=O) groups is 2. The molecule has 0 saturated carbocycles. The first-order valence-electron chi connectivity index (χ1n) is 6.26. The third kappa shape index (κ3) is 5.18. The van der Waals surface area contributed by atoms with Gasteiger partial charge in [0.25, 0.3) is 0 Å². The van der Waals surface area contributed by atoms with Gasteiger partial charge in [0.15, 0.2) is 5.60 Å². The molecular weight excluding hydrogens is 280 g/mol. The number of nitrogens with one attached hydrogen (secondary N) is 2. The maximum absolute atomic E-state index is 11.6. The fourth-order valence-corrected chi connectivity index (χ4v) is 2.57. The zero-order valence-electron chi connectivity index (χ0n) is 11.8. The Hall–Kier alpha value is -1.60. The Morgan fingerprint density at radius 3 is 2.60 bits per heavy atom. The first-order valence-corrected chi connectivity index (χ1v) is 7.08. The molecule has 2 unspecified atom stereocenters. The minimum Gasteiger partial charge on any atom is -0.479 e. The van der Waals surface area contributed by atoms with Crippen LogP contribution in [0.15, 0.2) is 12.1 Å². The van der Waals surface area contributed by atoms with Crippen molar-refractivity contribution in [2.24, 2.45) is 0 Å². The van der Waals surface area contributed by atoms with Gasteiger partial charge in [-0.3, -0.25) is 0 Å². The van der Waals surface area contributed by atoms with E-state index in [9.17, 15) is 14.7 Å². The molecule has 7 heteroatoms. The first-order chi connectivity index (χ1) is 9.20. The van der Waals surface area contributed by atoms with Gasteiger partial charge in [-0.1, -0.05) is 0 Å². The van der Waals surface area contributed by atoms with Crippen molar-refractivity contribution in [3.05, 3.63) is 21.9 Å². The van der Waals surface area contributed by atoms with E-state index in [0.717, 1.165) is 6.92 Å². The molecular formula is C13H20N2O4S. The molecule has 0 aliphatic heterocycles. The molecule has 1 aromatic rings. The molecule has 20 heavy (non-hydrogen) atoms. The number of carboxylic acid groups (broad SMARTS) is 1. The number of hydrogen-bond acceptors (Lipinski definition) is 4. The summed E-state index contributed by atoms with van der Waals surface area (Å²) < 4.78 is 0. The Balaban J connectivity index is 2.37. The number of amides is 2. The smallest absolute Gasteiger partial charge is 0.337 e. The zero-order valence-corrected chi connectivity index (χ0v) is 12.6. The number of aliphatic hydroxyl groups is 1.